The number of aromatic nitrogens is 1. The van der Waals surface area contributed by atoms with E-state index >= 15 is 0 Å². The molecule has 2 rings (SSSR count). The summed E-state index contributed by atoms with van der Waals surface area (Å²) in [4.78, 5) is 15.7. The molecule has 0 unspecified atom stereocenters. The van der Waals surface area contributed by atoms with Gasteiger partial charge in [0.15, 0.2) is 0 Å². The number of thiazole rings is 1. The molecule has 18 heavy (non-hydrogen) atoms. The number of carbonyl (C=O) groups is 1. The van der Waals surface area contributed by atoms with Crippen LogP contribution in [0, 0.1) is 0 Å². The predicted octanol–water partition coefficient (Wildman–Crippen LogP) is 3.00. The van der Waals surface area contributed by atoms with Crippen molar-refractivity contribution in [3.05, 3.63) is 53.6 Å². The van der Waals surface area contributed by atoms with E-state index in [1.807, 2.05) is 36.6 Å². The SMILES string of the molecule is C/C=C/C(=O)NCc1ccccc1-c1nccs1. The van der Waals surface area contributed by atoms with Crippen molar-refractivity contribution in [2.24, 2.45) is 0 Å². The van der Waals surface area contributed by atoms with Gasteiger partial charge in [0, 0.05) is 23.7 Å². The van der Waals surface area contributed by atoms with Gasteiger partial charge in [-0.3, -0.25) is 4.79 Å². The Labute approximate surface area is 110 Å². The molecular formula is C14H14N2OS. The summed E-state index contributed by atoms with van der Waals surface area (Å²) in [5.74, 6) is -0.0774. The molecule has 0 aliphatic rings. The monoisotopic (exact) mass is 258 g/mol. The van der Waals surface area contributed by atoms with E-state index in [1.165, 1.54) is 6.08 Å². The summed E-state index contributed by atoms with van der Waals surface area (Å²) in [6.45, 7) is 2.34. The zero-order valence-electron chi connectivity index (χ0n) is 10.1. The number of hydrogen-bond acceptors (Lipinski definition) is 3. The molecule has 4 heteroatoms. The van der Waals surface area contributed by atoms with E-state index in [0.29, 0.717) is 6.54 Å². The summed E-state index contributed by atoms with van der Waals surface area (Å²) in [7, 11) is 0. The lowest BCUT2D eigenvalue weighted by atomic mass is 10.1. The molecule has 1 aromatic carbocycles. The van der Waals surface area contributed by atoms with Gasteiger partial charge >= 0.3 is 0 Å². The van der Waals surface area contributed by atoms with Crippen LogP contribution in [0.4, 0.5) is 0 Å². The van der Waals surface area contributed by atoms with Crippen molar-refractivity contribution in [3.63, 3.8) is 0 Å². The first kappa shape index (κ1) is 12.5. The second-order valence-electron chi connectivity index (χ2n) is 3.71. The van der Waals surface area contributed by atoms with Crippen LogP contribution < -0.4 is 5.32 Å². The molecule has 92 valence electrons. The van der Waals surface area contributed by atoms with Crippen LogP contribution in [-0.2, 0) is 11.3 Å². The maximum atomic E-state index is 11.4. The molecule has 3 nitrogen and oxygen atoms in total. The first-order chi connectivity index (χ1) is 8.81. The molecule has 0 aliphatic carbocycles. The van der Waals surface area contributed by atoms with Gasteiger partial charge < -0.3 is 5.32 Å². The maximum absolute atomic E-state index is 11.4. The molecule has 0 saturated carbocycles. The van der Waals surface area contributed by atoms with Crippen LogP contribution in [-0.4, -0.2) is 10.9 Å². The van der Waals surface area contributed by atoms with E-state index < -0.39 is 0 Å². The van der Waals surface area contributed by atoms with Crippen LogP contribution in [0.3, 0.4) is 0 Å². The van der Waals surface area contributed by atoms with Crippen LogP contribution >= 0.6 is 11.3 Å². The summed E-state index contributed by atoms with van der Waals surface area (Å²) >= 11 is 1.60. The Hall–Kier alpha value is -1.94. The number of benzene rings is 1. The standard InChI is InChI=1S/C14H14N2OS/c1-2-5-13(17)16-10-11-6-3-4-7-12(11)14-15-8-9-18-14/h2-9H,10H2,1H3,(H,16,17)/b5-2+. The average molecular weight is 258 g/mol. The summed E-state index contributed by atoms with van der Waals surface area (Å²) < 4.78 is 0. The molecule has 0 saturated heterocycles. The lowest BCUT2D eigenvalue weighted by Gasteiger charge is -2.07. The molecule has 1 amide bonds. The van der Waals surface area contributed by atoms with Crippen LogP contribution in [0.25, 0.3) is 10.6 Å². The molecule has 0 atom stereocenters. The second kappa shape index (κ2) is 6.12. The van der Waals surface area contributed by atoms with Gasteiger partial charge in [0.2, 0.25) is 5.91 Å². The van der Waals surface area contributed by atoms with E-state index in [1.54, 1.807) is 23.6 Å². The topological polar surface area (TPSA) is 42.0 Å². The Balaban J connectivity index is 2.16. The molecular weight excluding hydrogens is 244 g/mol. The largest absolute Gasteiger partial charge is 0.348 e. The molecule has 0 fully saturated rings. The van der Waals surface area contributed by atoms with E-state index in [-0.39, 0.29) is 5.91 Å². The Morgan fingerprint density at radius 2 is 2.28 bits per heavy atom. The quantitative estimate of drug-likeness (QED) is 0.857. The highest BCUT2D eigenvalue weighted by Gasteiger charge is 2.07. The van der Waals surface area contributed by atoms with Gasteiger partial charge in [-0.1, -0.05) is 30.3 Å². The summed E-state index contributed by atoms with van der Waals surface area (Å²) in [6.07, 6.45) is 5.03. The number of rotatable bonds is 4. The summed E-state index contributed by atoms with van der Waals surface area (Å²) in [6, 6.07) is 7.98. The highest BCUT2D eigenvalue weighted by Crippen LogP contribution is 2.25. The lowest BCUT2D eigenvalue weighted by Crippen LogP contribution is -2.20. The Bertz CT molecular complexity index is 547. The third-order valence-electron chi connectivity index (χ3n) is 2.45. The second-order valence-corrected chi connectivity index (χ2v) is 4.61. The lowest BCUT2D eigenvalue weighted by molar-refractivity contribution is -0.116. The summed E-state index contributed by atoms with van der Waals surface area (Å²) in [5, 5.41) is 5.78. The van der Waals surface area contributed by atoms with Gasteiger partial charge in [-0.2, -0.15) is 0 Å². The normalized spacial score (nSPS) is 10.7. The van der Waals surface area contributed by atoms with Crippen molar-refractivity contribution < 1.29 is 4.79 Å². The average Bonchev–Trinajstić information content (AvgIpc) is 2.91. The Kier molecular flexibility index (Phi) is 4.25. The molecule has 0 spiro atoms. The van der Waals surface area contributed by atoms with Crippen LogP contribution in [0.5, 0.6) is 0 Å². The minimum Gasteiger partial charge on any atom is -0.348 e. The number of amides is 1. The van der Waals surface area contributed by atoms with Gasteiger partial charge in [-0.05, 0) is 18.6 Å². The van der Waals surface area contributed by atoms with Crippen molar-refractivity contribution >= 4 is 17.2 Å². The van der Waals surface area contributed by atoms with Crippen molar-refractivity contribution in [1.29, 1.82) is 0 Å². The van der Waals surface area contributed by atoms with Crippen molar-refractivity contribution in [3.8, 4) is 10.6 Å². The highest BCUT2D eigenvalue weighted by atomic mass is 32.1. The van der Waals surface area contributed by atoms with Crippen molar-refractivity contribution in [1.82, 2.24) is 10.3 Å². The molecule has 1 aromatic heterocycles. The highest BCUT2D eigenvalue weighted by molar-refractivity contribution is 7.13. The van der Waals surface area contributed by atoms with Crippen molar-refractivity contribution in [2.45, 2.75) is 13.5 Å². The minimum absolute atomic E-state index is 0.0774. The third-order valence-corrected chi connectivity index (χ3v) is 3.26. The first-order valence-corrected chi connectivity index (χ1v) is 6.57. The zero-order valence-corrected chi connectivity index (χ0v) is 10.9. The number of hydrogen-bond donors (Lipinski definition) is 1. The fraction of sp³-hybridized carbons (Fsp3) is 0.143. The molecule has 2 aromatic rings. The predicted molar refractivity (Wildman–Crippen MR) is 74.2 cm³/mol. The van der Waals surface area contributed by atoms with Crippen LogP contribution in [0.15, 0.2) is 48.0 Å². The number of allylic oxidation sites excluding steroid dienone is 1. The van der Waals surface area contributed by atoms with E-state index in [0.717, 1.165) is 16.1 Å². The third kappa shape index (κ3) is 3.05. The molecule has 0 radical (unpaired) electrons. The Morgan fingerprint density at radius 1 is 1.44 bits per heavy atom. The van der Waals surface area contributed by atoms with Gasteiger partial charge in [-0.25, -0.2) is 4.98 Å². The zero-order chi connectivity index (χ0) is 12.8. The van der Waals surface area contributed by atoms with Gasteiger partial charge in [0.05, 0.1) is 0 Å². The van der Waals surface area contributed by atoms with Gasteiger partial charge in [0.25, 0.3) is 0 Å². The Morgan fingerprint density at radius 3 is 3.00 bits per heavy atom. The number of nitrogens with one attached hydrogen (secondary N) is 1. The molecule has 0 aliphatic heterocycles. The number of carbonyl (C=O) groups excluding carboxylic acids is 1. The van der Waals surface area contributed by atoms with Gasteiger partial charge in [-0.15, -0.1) is 11.3 Å². The fourth-order valence-corrected chi connectivity index (χ4v) is 2.33. The van der Waals surface area contributed by atoms with E-state index in [2.05, 4.69) is 10.3 Å². The fourth-order valence-electron chi connectivity index (χ4n) is 1.63. The first-order valence-electron chi connectivity index (χ1n) is 5.69. The van der Waals surface area contributed by atoms with E-state index in [4.69, 9.17) is 0 Å². The number of nitrogens with zero attached hydrogens (tertiary/aromatic N) is 1. The minimum atomic E-state index is -0.0774. The van der Waals surface area contributed by atoms with Gasteiger partial charge in [0.1, 0.15) is 5.01 Å². The molecule has 1 heterocycles. The van der Waals surface area contributed by atoms with Crippen LogP contribution in [0.2, 0.25) is 0 Å². The summed E-state index contributed by atoms with van der Waals surface area (Å²) in [5.41, 5.74) is 2.15. The van der Waals surface area contributed by atoms with E-state index in [9.17, 15) is 4.79 Å². The van der Waals surface area contributed by atoms with Crippen LogP contribution in [0.1, 0.15) is 12.5 Å². The molecule has 1 N–H and O–H groups in total. The van der Waals surface area contributed by atoms with Crippen molar-refractivity contribution in [2.75, 3.05) is 0 Å². The molecule has 0 bridgehead atoms. The smallest absolute Gasteiger partial charge is 0.243 e. The maximum Gasteiger partial charge on any atom is 0.243 e.